The summed E-state index contributed by atoms with van der Waals surface area (Å²) in [5.41, 5.74) is 1.16. The summed E-state index contributed by atoms with van der Waals surface area (Å²) in [7, 11) is 0. The quantitative estimate of drug-likeness (QED) is 0.344. The number of ether oxygens (including phenoxy) is 2. The highest BCUT2D eigenvalue weighted by Gasteiger charge is 2.22. The van der Waals surface area contributed by atoms with Crippen molar-refractivity contribution in [3.8, 4) is 5.75 Å². The number of rotatable bonds is 8. The van der Waals surface area contributed by atoms with Crippen LogP contribution in [0.4, 0.5) is 0 Å². The van der Waals surface area contributed by atoms with Gasteiger partial charge in [-0.1, -0.05) is 12.1 Å². The Morgan fingerprint density at radius 3 is 2.85 bits per heavy atom. The minimum atomic E-state index is 0. The molecule has 1 aliphatic carbocycles. The van der Waals surface area contributed by atoms with E-state index in [1.54, 1.807) is 0 Å². The van der Waals surface area contributed by atoms with Crippen LogP contribution < -0.4 is 15.4 Å². The molecule has 6 nitrogen and oxygen atoms in total. The molecule has 0 spiro atoms. The van der Waals surface area contributed by atoms with Crippen LogP contribution in [0.3, 0.4) is 0 Å². The van der Waals surface area contributed by atoms with Gasteiger partial charge in [-0.3, -0.25) is 4.90 Å². The van der Waals surface area contributed by atoms with E-state index in [2.05, 4.69) is 39.6 Å². The Morgan fingerprint density at radius 2 is 2.12 bits per heavy atom. The summed E-state index contributed by atoms with van der Waals surface area (Å²) in [4.78, 5) is 7.05. The van der Waals surface area contributed by atoms with E-state index in [1.807, 2.05) is 12.1 Å². The topological polar surface area (TPSA) is 58.1 Å². The van der Waals surface area contributed by atoms with Gasteiger partial charge in [0.25, 0.3) is 0 Å². The van der Waals surface area contributed by atoms with E-state index >= 15 is 0 Å². The first-order valence-corrected chi connectivity index (χ1v) is 9.40. The van der Waals surface area contributed by atoms with E-state index in [-0.39, 0.29) is 24.0 Å². The molecule has 1 aromatic rings. The molecule has 1 saturated heterocycles. The zero-order valence-electron chi connectivity index (χ0n) is 15.6. The van der Waals surface area contributed by atoms with Crippen molar-refractivity contribution in [1.82, 2.24) is 15.5 Å². The van der Waals surface area contributed by atoms with Crippen molar-refractivity contribution in [2.45, 2.75) is 32.4 Å². The standard InChI is InChI=1S/C19H30N4O2.HI/c1-2-20-19(22-17-6-7-17)21-15-16-4-3-5-18(14-16)25-13-10-23-8-11-24-12-9-23;/h3-5,14,17H,2,6-13,15H2,1H3,(H2,20,21,22);1H. The molecule has 1 saturated carbocycles. The van der Waals surface area contributed by atoms with Crippen LogP contribution in [0.2, 0.25) is 0 Å². The van der Waals surface area contributed by atoms with Crippen LogP contribution in [0.5, 0.6) is 5.75 Å². The first kappa shape index (κ1) is 21.2. The van der Waals surface area contributed by atoms with Gasteiger partial charge in [-0.15, -0.1) is 24.0 Å². The molecule has 2 N–H and O–H groups in total. The maximum Gasteiger partial charge on any atom is 0.191 e. The first-order valence-electron chi connectivity index (χ1n) is 9.40. The number of hydrogen-bond donors (Lipinski definition) is 2. The fourth-order valence-electron chi connectivity index (χ4n) is 2.76. The SMILES string of the molecule is CCNC(=NCc1cccc(OCCN2CCOCC2)c1)NC1CC1.I. The lowest BCUT2D eigenvalue weighted by molar-refractivity contribution is 0.0322. The van der Waals surface area contributed by atoms with E-state index in [4.69, 9.17) is 9.47 Å². The molecule has 0 radical (unpaired) electrons. The van der Waals surface area contributed by atoms with Crippen molar-refractivity contribution < 1.29 is 9.47 Å². The average Bonchev–Trinajstić information content (AvgIpc) is 3.45. The van der Waals surface area contributed by atoms with Gasteiger partial charge in [-0.25, -0.2) is 4.99 Å². The van der Waals surface area contributed by atoms with Gasteiger partial charge in [-0.05, 0) is 37.5 Å². The molecule has 2 aliphatic rings. The lowest BCUT2D eigenvalue weighted by Gasteiger charge is -2.26. The number of aliphatic imine (C=N–C) groups is 1. The third-order valence-corrected chi connectivity index (χ3v) is 4.36. The molecule has 2 fully saturated rings. The average molecular weight is 474 g/mol. The molecule has 1 heterocycles. The number of morpholine rings is 1. The lowest BCUT2D eigenvalue weighted by Crippen LogP contribution is -2.38. The molecule has 3 rings (SSSR count). The molecule has 1 aromatic carbocycles. The van der Waals surface area contributed by atoms with Crippen LogP contribution in [-0.2, 0) is 11.3 Å². The fraction of sp³-hybridized carbons (Fsp3) is 0.632. The normalized spacial score (nSPS) is 18.1. The highest BCUT2D eigenvalue weighted by Crippen LogP contribution is 2.18. The third kappa shape index (κ3) is 7.67. The summed E-state index contributed by atoms with van der Waals surface area (Å²) in [6.45, 7) is 8.94. The van der Waals surface area contributed by atoms with Crippen molar-refractivity contribution in [3.05, 3.63) is 29.8 Å². The largest absolute Gasteiger partial charge is 0.492 e. The van der Waals surface area contributed by atoms with Gasteiger partial charge in [-0.2, -0.15) is 0 Å². The van der Waals surface area contributed by atoms with Crippen molar-refractivity contribution in [2.24, 2.45) is 4.99 Å². The second-order valence-electron chi connectivity index (χ2n) is 6.56. The maximum absolute atomic E-state index is 5.92. The van der Waals surface area contributed by atoms with Crippen molar-refractivity contribution in [2.75, 3.05) is 46.0 Å². The van der Waals surface area contributed by atoms with E-state index in [9.17, 15) is 0 Å². The minimum absolute atomic E-state index is 0. The Hall–Kier alpha value is -1.06. The summed E-state index contributed by atoms with van der Waals surface area (Å²) < 4.78 is 11.3. The summed E-state index contributed by atoms with van der Waals surface area (Å²) in [5.74, 6) is 1.82. The van der Waals surface area contributed by atoms with Crippen LogP contribution >= 0.6 is 24.0 Å². The Kier molecular flexibility index (Phi) is 9.49. The van der Waals surface area contributed by atoms with Gasteiger partial charge in [0.05, 0.1) is 19.8 Å². The molecule has 146 valence electrons. The Bertz CT molecular complexity index is 560. The monoisotopic (exact) mass is 474 g/mol. The van der Waals surface area contributed by atoms with E-state index in [1.165, 1.54) is 12.8 Å². The predicted octanol–water partition coefficient (Wildman–Crippen LogP) is 2.23. The van der Waals surface area contributed by atoms with Gasteiger partial charge in [0.15, 0.2) is 5.96 Å². The summed E-state index contributed by atoms with van der Waals surface area (Å²) in [6, 6.07) is 8.84. The number of nitrogens with zero attached hydrogens (tertiary/aromatic N) is 2. The molecular weight excluding hydrogens is 443 g/mol. The fourth-order valence-corrected chi connectivity index (χ4v) is 2.76. The molecule has 0 amide bonds. The molecule has 7 heteroatoms. The van der Waals surface area contributed by atoms with Gasteiger partial charge in [0, 0.05) is 32.2 Å². The Labute approximate surface area is 173 Å². The number of nitrogens with one attached hydrogen (secondary N) is 2. The van der Waals surface area contributed by atoms with E-state index in [0.29, 0.717) is 19.2 Å². The Morgan fingerprint density at radius 1 is 1.31 bits per heavy atom. The van der Waals surface area contributed by atoms with Gasteiger partial charge < -0.3 is 20.1 Å². The van der Waals surface area contributed by atoms with Crippen molar-refractivity contribution in [1.29, 1.82) is 0 Å². The number of guanidine groups is 1. The molecular formula is C19H31IN4O2. The smallest absolute Gasteiger partial charge is 0.191 e. The second kappa shape index (κ2) is 11.6. The summed E-state index contributed by atoms with van der Waals surface area (Å²) in [6.07, 6.45) is 2.49. The zero-order chi connectivity index (χ0) is 17.3. The molecule has 0 bridgehead atoms. The van der Waals surface area contributed by atoms with Crippen molar-refractivity contribution in [3.63, 3.8) is 0 Å². The van der Waals surface area contributed by atoms with Crippen LogP contribution in [-0.4, -0.2) is 62.9 Å². The molecule has 1 aliphatic heterocycles. The van der Waals surface area contributed by atoms with Crippen LogP contribution in [0.15, 0.2) is 29.3 Å². The van der Waals surface area contributed by atoms with Gasteiger partial charge in [0.1, 0.15) is 12.4 Å². The third-order valence-electron chi connectivity index (χ3n) is 4.36. The molecule has 0 aromatic heterocycles. The summed E-state index contributed by atoms with van der Waals surface area (Å²) >= 11 is 0. The van der Waals surface area contributed by atoms with E-state index in [0.717, 1.165) is 56.7 Å². The molecule has 26 heavy (non-hydrogen) atoms. The number of benzene rings is 1. The summed E-state index contributed by atoms with van der Waals surface area (Å²) in [5, 5.41) is 6.74. The van der Waals surface area contributed by atoms with Gasteiger partial charge in [0.2, 0.25) is 0 Å². The highest BCUT2D eigenvalue weighted by molar-refractivity contribution is 14.0. The van der Waals surface area contributed by atoms with Crippen LogP contribution in [0, 0.1) is 0 Å². The Balaban J connectivity index is 0.00000243. The first-order chi connectivity index (χ1) is 12.3. The maximum atomic E-state index is 5.92. The van der Waals surface area contributed by atoms with Gasteiger partial charge >= 0.3 is 0 Å². The highest BCUT2D eigenvalue weighted by atomic mass is 127. The zero-order valence-corrected chi connectivity index (χ0v) is 17.9. The van der Waals surface area contributed by atoms with Crippen LogP contribution in [0.1, 0.15) is 25.3 Å². The minimum Gasteiger partial charge on any atom is -0.492 e. The molecule has 0 atom stereocenters. The number of hydrogen-bond acceptors (Lipinski definition) is 4. The second-order valence-corrected chi connectivity index (χ2v) is 6.56. The molecule has 0 unspecified atom stereocenters. The van der Waals surface area contributed by atoms with Crippen LogP contribution in [0.25, 0.3) is 0 Å². The van der Waals surface area contributed by atoms with E-state index < -0.39 is 0 Å². The number of halogens is 1. The lowest BCUT2D eigenvalue weighted by atomic mass is 10.2. The predicted molar refractivity (Wildman–Crippen MR) is 116 cm³/mol. The van der Waals surface area contributed by atoms with Crippen molar-refractivity contribution >= 4 is 29.9 Å².